The van der Waals surface area contributed by atoms with E-state index in [1.165, 1.54) is 12.1 Å². The molecule has 27 heavy (non-hydrogen) atoms. The number of nitrogens with two attached hydrogens (primary N) is 1. The lowest BCUT2D eigenvalue weighted by atomic mass is 9.81. The summed E-state index contributed by atoms with van der Waals surface area (Å²) in [5, 5.41) is 7.98. The van der Waals surface area contributed by atoms with E-state index in [4.69, 9.17) is 5.14 Å². The van der Waals surface area contributed by atoms with Crippen LogP contribution in [0, 0.1) is 11.8 Å². The molecule has 1 saturated carbocycles. The van der Waals surface area contributed by atoms with Crippen LogP contribution in [0.2, 0.25) is 0 Å². The first-order chi connectivity index (χ1) is 12.5. The van der Waals surface area contributed by atoms with Crippen LogP contribution >= 0.6 is 0 Å². The van der Waals surface area contributed by atoms with Gasteiger partial charge in [-0.2, -0.15) is 0 Å². The van der Waals surface area contributed by atoms with Crippen LogP contribution in [-0.2, 0) is 31.3 Å². The number of hydrogen-bond donors (Lipinski definition) is 3. The van der Waals surface area contributed by atoms with Gasteiger partial charge in [0.1, 0.15) is 0 Å². The van der Waals surface area contributed by atoms with Gasteiger partial charge in [-0.15, -0.1) is 0 Å². The van der Waals surface area contributed by atoms with Crippen molar-refractivity contribution in [3.8, 4) is 0 Å². The monoisotopic (exact) mass is 417 g/mol. The summed E-state index contributed by atoms with van der Waals surface area (Å²) in [6, 6.07) is 6.29. The smallest absolute Gasteiger partial charge is 0.238 e. The Labute approximate surface area is 161 Å². The van der Waals surface area contributed by atoms with E-state index in [2.05, 4.69) is 10.0 Å². The molecule has 152 valence electrons. The van der Waals surface area contributed by atoms with E-state index in [1.54, 1.807) is 12.1 Å². The van der Waals surface area contributed by atoms with Gasteiger partial charge in [0.25, 0.3) is 0 Å². The number of carbonyl (C=O) groups excluding carboxylic acids is 1. The Morgan fingerprint density at radius 1 is 1.07 bits per heavy atom. The second-order valence-electron chi connectivity index (χ2n) is 7.07. The number of nitrogens with one attached hydrogen (secondary N) is 2. The van der Waals surface area contributed by atoms with Crippen LogP contribution in [0.4, 0.5) is 0 Å². The van der Waals surface area contributed by atoms with Crippen molar-refractivity contribution in [3.63, 3.8) is 0 Å². The van der Waals surface area contributed by atoms with Crippen molar-refractivity contribution in [1.29, 1.82) is 0 Å². The molecule has 0 atom stereocenters. The van der Waals surface area contributed by atoms with E-state index >= 15 is 0 Å². The number of sulfonamides is 2. The highest BCUT2D eigenvalue weighted by atomic mass is 32.2. The van der Waals surface area contributed by atoms with Gasteiger partial charge in [-0.05, 0) is 55.7 Å². The molecule has 1 aliphatic carbocycles. The molecule has 0 spiro atoms. The van der Waals surface area contributed by atoms with Gasteiger partial charge in [-0.1, -0.05) is 12.1 Å². The summed E-state index contributed by atoms with van der Waals surface area (Å²) in [5.74, 6) is 0.260. The van der Waals surface area contributed by atoms with Gasteiger partial charge in [0.2, 0.25) is 26.0 Å². The number of carbonyl (C=O) groups is 1. The maximum Gasteiger partial charge on any atom is 0.238 e. The summed E-state index contributed by atoms with van der Waals surface area (Å²) in [7, 11) is -6.86. The van der Waals surface area contributed by atoms with Crippen LogP contribution in [0.3, 0.4) is 0 Å². The first-order valence-corrected chi connectivity index (χ1v) is 12.3. The number of hydrogen-bond acceptors (Lipinski definition) is 5. The Kier molecular flexibility index (Phi) is 7.38. The van der Waals surface area contributed by atoms with Crippen LogP contribution < -0.4 is 15.2 Å². The molecule has 0 aliphatic heterocycles. The number of rotatable bonds is 8. The van der Waals surface area contributed by atoms with Crippen molar-refractivity contribution in [1.82, 2.24) is 10.0 Å². The zero-order chi connectivity index (χ0) is 20.1. The highest BCUT2D eigenvalue weighted by molar-refractivity contribution is 7.89. The lowest BCUT2D eigenvalue weighted by Crippen LogP contribution is -2.36. The van der Waals surface area contributed by atoms with Gasteiger partial charge in [0.05, 0.1) is 11.2 Å². The molecule has 0 unspecified atom stereocenters. The fourth-order valence-corrected chi connectivity index (χ4v) is 4.27. The Bertz CT molecular complexity index is 843. The first kappa shape index (κ1) is 21.8. The molecule has 2 rings (SSSR count). The van der Waals surface area contributed by atoms with Gasteiger partial charge >= 0.3 is 0 Å². The van der Waals surface area contributed by atoms with Crippen molar-refractivity contribution < 1.29 is 21.6 Å². The molecule has 1 aliphatic rings. The average Bonchev–Trinajstić information content (AvgIpc) is 2.59. The van der Waals surface area contributed by atoms with E-state index in [1.807, 2.05) is 0 Å². The molecule has 1 fully saturated rings. The zero-order valence-electron chi connectivity index (χ0n) is 15.3. The Balaban J connectivity index is 1.71. The van der Waals surface area contributed by atoms with Crippen LogP contribution in [-0.4, -0.2) is 42.1 Å². The Hall–Kier alpha value is -1.49. The second-order valence-corrected chi connectivity index (χ2v) is 10.5. The van der Waals surface area contributed by atoms with Crippen molar-refractivity contribution in [2.24, 2.45) is 17.0 Å². The summed E-state index contributed by atoms with van der Waals surface area (Å²) in [5.41, 5.74) is 0.915. The number of benzene rings is 1. The van der Waals surface area contributed by atoms with Crippen molar-refractivity contribution in [2.75, 3.05) is 19.3 Å². The molecule has 1 aromatic carbocycles. The maximum atomic E-state index is 12.3. The molecule has 1 aromatic rings. The third-order valence-electron chi connectivity index (χ3n) is 4.82. The van der Waals surface area contributed by atoms with Gasteiger partial charge < -0.3 is 5.32 Å². The molecule has 4 N–H and O–H groups in total. The lowest BCUT2D eigenvalue weighted by molar-refractivity contribution is -0.126. The van der Waals surface area contributed by atoms with Gasteiger partial charge in [-0.25, -0.2) is 26.7 Å². The van der Waals surface area contributed by atoms with Crippen LogP contribution in [0.15, 0.2) is 29.2 Å². The molecule has 0 saturated heterocycles. The summed E-state index contributed by atoms with van der Waals surface area (Å²) in [6.07, 6.45) is 4.92. The minimum atomic E-state index is -3.69. The van der Waals surface area contributed by atoms with Crippen LogP contribution in [0.1, 0.15) is 31.2 Å². The van der Waals surface area contributed by atoms with E-state index < -0.39 is 20.0 Å². The number of primary sulfonamides is 1. The molecule has 1 amide bonds. The SMILES string of the molecule is CS(=O)(=O)NCC1CCC(C(=O)NCCc2ccc(S(N)(=O)=O)cc2)CC1. The van der Waals surface area contributed by atoms with Crippen LogP contribution in [0.25, 0.3) is 0 Å². The van der Waals surface area contributed by atoms with E-state index in [9.17, 15) is 21.6 Å². The second kappa shape index (κ2) is 9.13. The topological polar surface area (TPSA) is 135 Å². The van der Waals surface area contributed by atoms with Crippen molar-refractivity contribution >= 4 is 26.0 Å². The van der Waals surface area contributed by atoms with Crippen molar-refractivity contribution in [2.45, 2.75) is 37.0 Å². The Morgan fingerprint density at radius 2 is 1.67 bits per heavy atom. The minimum absolute atomic E-state index is 0.0191. The van der Waals surface area contributed by atoms with Gasteiger partial charge in [-0.3, -0.25) is 4.79 Å². The third-order valence-corrected chi connectivity index (χ3v) is 6.44. The largest absolute Gasteiger partial charge is 0.356 e. The summed E-state index contributed by atoms with van der Waals surface area (Å²) < 4.78 is 47.2. The third kappa shape index (κ3) is 7.57. The predicted molar refractivity (Wildman–Crippen MR) is 103 cm³/mol. The molecule has 10 heteroatoms. The normalized spacial score (nSPS) is 21.0. The summed E-state index contributed by atoms with van der Waals surface area (Å²) in [6.45, 7) is 0.908. The summed E-state index contributed by atoms with van der Waals surface area (Å²) >= 11 is 0. The van der Waals surface area contributed by atoms with Crippen LogP contribution in [0.5, 0.6) is 0 Å². The molecule has 8 nitrogen and oxygen atoms in total. The maximum absolute atomic E-state index is 12.3. The fourth-order valence-electron chi connectivity index (χ4n) is 3.22. The minimum Gasteiger partial charge on any atom is -0.356 e. The molecule has 0 radical (unpaired) electrons. The first-order valence-electron chi connectivity index (χ1n) is 8.88. The molecular formula is C17H27N3O5S2. The van der Waals surface area contributed by atoms with Gasteiger partial charge in [0, 0.05) is 19.0 Å². The zero-order valence-corrected chi connectivity index (χ0v) is 17.0. The highest BCUT2D eigenvalue weighted by Gasteiger charge is 2.26. The van der Waals surface area contributed by atoms with Gasteiger partial charge in [0.15, 0.2) is 0 Å². The number of amides is 1. The molecular weight excluding hydrogens is 390 g/mol. The molecule has 0 bridgehead atoms. The van der Waals surface area contributed by atoms with Crippen molar-refractivity contribution in [3.05, 3.63) is 29.8 Å². The summed E-state index contributed by atoms with van der Waals surface area (Å²) in [4.78, 5) is 12.3. The highest BCUT2D eigenvalue weighted by Crippen LogP contribution is 2.28. The quantitative estimate of drug-likeness (QED) is 0.561. The molecule has 0 aromatic heterocycles. The fraction of sp³-hybridized carbons (Fsp3) is 0.588. The average molecular weight is 418 g/mol. The van der Waals surface area contributed by atoms with E-state index in [0.717, 1.165) is 37.5 Å². The standard InChI is InChI=1S/C17H27N3O5S2/c1-26(22,23)20-12-14-2-6-15(7-3-14)17(21)19-11-10-13-4-8-16(9-5-13)27(18,24)25/h4-5,8-9,14-15,20H,2-3,6-7,10-12H2,1H3,(H,19,21)(H2,18,24,25). The van der Waals surface area contributed by atoms with E-state index in [-0.39, 0.29) is 22.6 Å². The lowest BCUT2D eigenvalue weighted by Gasteiger charge is -2.27. The predicted octanol–water partition coefficient (Wildman–Crippen LogP) is 0.348. The van der Waals surface area contributed by atoms with E-state index in [0.29, 0.717) is 19.5 Å². The Morgan fingerprint density at radius 3 is 2.19 bits per heavy atom. The molecule has 0 heterocycles.